The van der Waals surface area contributed by atoms with Gasteiger partial charge < -0.3 is 5.32 Å². The Hall–Kier alpha value is -1.08. The van der Waals surface area contributed by atoms with Crippen molar-refractivity contribution in [2.24, 2.45) is 5.92 Å². The number of nitrogens with one attached hydrogen (secondary N) is 1. The standard InChI is InChI=1S/C15H23N/c1-11(2)13(5)15(16-12(3)4)14-9-7-6-8-10-14/h6-12,15-16H,5H2,1-4H3. The van der Waals surface area contributed by atoms with Crippen LogP contribution in [0.4, 0.5) is 0 Å². The topological polar surface area (TPSA) is 12.0 Å². The van der Waals surface area contributed by atoms with E-state index in [2.05, 4.69) is 63.9 Å². The van der Waals surface area contributed by atoms with E-state index in [4.69, 9.17) is 0 Å². The average molecular weight is 217 g/mol. The molecule has 1 rings (SSSR count). The van der Waals surface area contributed by atoms with Crippen molar-refractivity contribution < 1.29 is 0 Å². The molecular weight excluding hydrogens is 194 g/mol. The van der Waals surface area contributed by atoms with Crippen molar-refractivity contribution in [3.63, 3.8) is 0 Å². The van der Waals surface area contributed by atoms with Gasteiger partial charge in [0.25, 0.3) is 0 Å². The Labute approximate surface area is 99.6 Å². The third kappa shape index (κ3) is 3.49. The number of hydrogen-bond donors (Lipinski definition) is 1. The van der Waals surface area contributed by atoms with Crippen LogP contribution >= 0.6 is 0 Å². The second-order valence-electron chi connectivity index (χ2n) is 4.89. The van der Waals surface area contributed by atoms with Crippen molar-refractivity contribution in [1.29, 1.82) is 0 Å². The maximum Gasteiger partial charge on any atom is 0.0537 e. The normalized spacial score (nSPS) is 13.1. The zero-order chi connectivity index (χ0) is 12.1. The van der Waals surface area contributed by atoms with Crippen LogP contribution in [-0.4, -0.2) is 6.04 Å². The molecule has 1 aromatic rings. The lowest BCUT2D eigenvalue weighted by Gasteiger charge is -2.26. The van der Waals surface area contributed by atoms with Crippen LogP contribution < -0.4 is 5.32 Å². The van der Waals surface area contributed by atoms with Gasteiger partial charge in [0.2, 0.25) is 0 Å². The molecule has 0 heterocycles. The van der Waals surface area contributed by atoms with E-state index in [0.29, 0.717) is 12.0 Å². The van der Waals surface area contributed by atoms with E-state index in [1.54, 1.807) is 0 Å². The van der Waals surface area contributed by atoms with Gasteiger partial charge in [-0.2, -0.15) is 0 Å². The molecule has 88 valence electrons. The molecule has 1 heteroatoms. The first-order valence-corrected chi connectivity index (χ1v) is 6.02. The predicted octanol–water partition coefficient (Wildman–Crippen LogP) is 3.94. The van der Waals surface area contributed by atoms with Crippen molar-refractivity contribution in [2.75, 3.05) is 0 Å². The summed E-state index contributed by atoms with van der Waals surface area (Å²) >= 11 is 0. The van der Waals surface area contributed by atoms with E-state index in [0.717, 1.165) is 0 Å². The van der Waals surface area contributed by atoms with Gasteiger partial charge in [0, 0.05) is 6.04 Å². The van der Waals surface area contributed by atoms with Gasteiger partial charge in [-0.1, -0.05) is 56.3 Å². The Balaban J connectivity index is 2.92. The molecule has 0 amide bonds. The molecule has 0 aliphatic carbocycles. The molecule has 16 heavy (non-hydrogen) atoms. The van der Waals surface area contributed by atoms with Crippen LogP contribution in [0, 0.1) is 5.92 Å². The minimum Gasteiger partial charge on any atom is -0.304 e. The fraction of sp³-hybridized carbons (Fsp3) is 0.467. The summed E-state index contributed by atoms with van der Waals surface area (Å²) in [6, 6.07) is 11.3. The Morgan fingerprint density at radius 2 is 1.62 bits per heavy atom. The molecule has 1 nitrogen and oxygen atoms in total. The fourth-order valence-electron chi connectivity index (χ4n) is 1.73. The molecule has 0 bridgehead atoms. The molecule has 0 aliphatic rings. The highest BCUT2D eigenvalue weighted by atomic mass is 14.9. The minimum absolute atomic E-state index is 0.265. The summed E-state index contributed by atoms with van der Waals surface area (Å²) in [5.41, 5.74) is 2.55. The Morgan fingerprint density at radius 1 is 1.06 bits per heavy atom. The van der Waals surface area contributed by atoms with E-state index in [1.807, 2.05) is 6.07 Å². The smallest absolute Gasteiger partial charge is 0.0537 e. The molecule has 0 radical (unpaired) electrons. The monoisotopic (exact) mass is 217 g/mol. The van der Waals surface area contributed by atoms with Crippen LogP contribution in [-0.2, 0) is 0 Å². The van der Waals surface area contributed by atoms with Gasteiger partial charge in [-0.15, -0.1) is 0 Å². The van der Waals surface area contributed by atoms with Gasteiger partial charge in [-0.25, -0.2) is 0 Å². The van der Waals surface area contributed by atoms with Crippen molar-refractivity contribution in [1.82, 2.24) is 5.32 Å². The van der Waals surface area contributed by atoms with Crippen molar-refractivity contribution in [3.05, 3.63) is 48.0 Å². The van der Waals surface area contributed by atoms with Gasteiger partial charge in [-0.05, 0) is 25.3 Å². The molecule has 1 aromatic carbocycles. The van der Waals surface area contributed by atoms with Gasteiger partial charge in [0.15, 0.2) is 0 Å². The summed E-state index contributed by atoms with van der Waals surface area (Å²) < 4.78 is 0. The molecule has 1 atom stereocenters. The molecule has 0 saturated heterocycles. The van der Waals surface area contributed by atoms with Crippen molar-refractivity contribution >= 4 is 0 Å². The van der Waals surface area contributed by atoms with Crippen LogP contribution in [0.15, 0.2) is 42.5 Å². The highest BCUT2D eigenvalue weighted by Crippen LogP contribution is 2.26. The van der Waals surface area contributed by atoms with E-state index >= 15 is 0 Å². The van der Waals surface area contributed by atoms with Gasteiger partial charge >= 0.3 is 0 Å². The lowest BCUT2D eigenvalue weighted by atomic mass is 9.91. The van der Waals surface area contributed by atoms with Crippen LogP contribution in [0.5, 0.6) is 0 Å². The lowest BCUT2D eigenvalue weighted by molar-refractivity contribution is 0.492. The predicted molar refractivity (Wildman–Crippen MR) is 71.4 cm³/mol. The summed E-state index contributed by atoms with van der Waals surface area (Å²) in [4.78, 5) is 0. The first-order valence-electron chi connectivity index (χ1n) is 6.02. The van der Waals surface area contributed by atoms with Crippen molar-refractivity contribution in [3.8, 4) is 0 Å². The first kappa shape index (κ1) is 13.0. The second-order valence-corrected chi connectivity index (χ2v) is 4.89. The summed E-state index contributed by atoms with van der Waals surface area (Å²) in [5, 5.41) is 3.58. The summed E-state index contributed by atoms with van der Waals surface area (Å²) in [7, 11) is 0. The molecule has 0 saturated carbocycles. The third-order valence-electron chi connectivity index (χ3n) is 2.75. The Morgan fingerprint density at radius 3 is 2.06 bits per heavy atom. The second kappa shape index (κ2) is 5.86. The first-order chi connectivity index (χ1) is 7.52. The zero-order valence-electron chi connectivity index (χ0n) is 10.8. The minimum atomic E-state index is 0.265. The maximum absolute atomic E-state index is 4.22. The number of hydrogen-bond acceptors (Lipinski definition) is 1. The third-order valence-corrected chi connectivity index (χ3v) is 2.75. The number of benzene rings is 1. The van der Waals surface area contributed by atoms with Gasteiger partial charge in [-0.3, -0.25) is 0 Å². The van der Waals surface area contributed by atoms with Crippen LogP contribution in [0.2, 0.25) is 0 Å². The van der Waals surface area contributed by atoms with Crippen LogP contribution in [0.25, 0.3) is 0 Å². The molecule has 1 unspecified atom stereocenters. The zero-order valence-corrected chi connectivity index (χ0v) is 10.8. The molecule has 0 spiro atoms. The maximum atomic E-state index is 4.22. The largest absolute Gasteiger partial charge is 0.304 e. The van der Waals surface area contributed by atoms with Crippen LogP contribution in [0.3, 0.4) is 0 Å². The average Bonchev–Trinajstić information content (AvgIpc) is 2.26. The van der Waals surface area contributed by atoms with Gasteiger partial charge in [0.05, 0.1) is 6.04 Å². The van der Waals surface area contributed by atoms with E-state index in [9.17, 15) is 0 Å². The van der Waals surface area contributed by atoms with Gasteiger partial charge in [0.1, 0.15) is 0 Å². The summed E-state index contributed by atoms with van der Waals surface area (Å²) in [6.07, 6.45) is 0. The molecule has 0 aliphatic heterocycles. The van der Waals surface area contributed by atoms with E-state index in [-0.39, 0.29) is 6.04 Å². The lowest BCUT2D eigenvalue weighted by Crippen LogP contribution is -2.30. The quantitative estimate of drug-likeness (QED) is 0.737. The van der Waals surface area contributed by atoms with Crippen molar-refractivity contribution in [2.45, 2.75) is 39.8 Å². The fourth-order valence-corrected chi connectivity index (χ4v) is 1.73. The van der Waals surface area contributed by atoms with E-state index in [1.165, 1.54) is 11.1 Å². The van der Waals surface area contributed by atoms with E-state index < -0.39 is 0 Å². The molecular formula is C15H23N. The highest BCUT2D eigenvalue weighted by molar-refractivity contribution is 5.27. The summed E-state index contributed by atoms with van der Waals surface area (Å²) in [5.74, 6) is 0.497. The summed E-state index contributed by atoms with van der Waals surface area (Å²) in [6.45, 7) is 13.0. The Kier molecular flexibility index (Phi) is 4.75. The molecule has 0 fully saturated rings. The highest BCUT2D eigenvalue weighted by Gasteiger charge is 2.17. The molecule has 1 N–H and O–H groups in total. The number of rotatable bonds is 5. The molecule has 0 aromatic heterocycles. The Bertz CT molecular complexity index is 325. The van der Waals surface area contributed by atoms with Crippen LogP contribution in [0.1, 0.15) is 39.3 Å². The SMILES string of the molecule is C=C(C(C)C)C(NC(C)C)c1ccccc1.